The van der Waals surface area contributed by atoms with Crippen molar-refractivity contribution >= 4 is 43.4 Å². The quantitative estimate of drug-likeness (QED) is 0.365. The van der Waals surface area contributed by atoms with Crippen molar-refractivity contribution in [2.45, 2.75) is 6.92 Å². The lowest BCUT2D eigenvalue weighted by atomic mass is 10.1. The van der Waals surface area contributed by atoms with Crippen molar-refractivity contribution in [2.75, 3.05) is 19.0 Å². The zero-order chi connectivity index (χ0) is 23.7. The Morgan fingerprint density at radius 3 is 2.50 bits per heavy atom. The number of rotatable bonds is 6. The second-order valence-corrected chi connectivity index (χ2v) is 8.53. The molecular formula is C26H21N3O4S. The van der Waals surface area contributed by atoms with E-state index in [2.05, 4.69) is 10.3 Å². The van der Waals surface area contributed by atoms with Crippen LogP contribution >= 0.6 is 11.3 Å². The van der Waals surface area contributed by atoms with Crippen LogP contribution in [0.3, 0.4) is 0 Å². The maximum atomic E-state index is 13.4. The van der Waals surface area contributed by atoms with Crippen LogP contribution in [0, 0.1) is 0 Å². The Morgan fingerprint density at radius 1 is 1.03 bits per heavy atom. The van der Waals surface area contributed by atoms with Crippen LogP contribution in [0.15, 0.2) is 77.7 Å². The van der Waals surface area contributed by atoms with Gasteiger partial charge in [-0.2, -0.15) is 0 Å². The molecule has 0 aliphatic heterocycles. The molecule has 0 atom stereocenters. The molecule has 2 aromatic heterocycles. The number of amides is 1. The van der Waals surface area contributed by atoms with E-state index in [0.29, 0.717) is 39.5 Å². The number of methoxy groups -OCH3 is 1. The molecule has 2 heterocycles. The van der Waals surface area contributed by atoms with Crippen molar-refractivity contribution in [1.29, 1.82) is 0 Å². The number of fused-ring (bicyclic) bond motifs is 2. The molecule has 1 amide bonds. The zero-order valence-electron chi connectivity index (χ0n) is 18.6. The van der Waals surface area contributed by atoms with E-state index in [9.17, 15) is 9.59 Å². The smallest absolute Gasteiger partial charge is 0.262 e. The number of carbonyl (C=O) groups excluding carboxylic acids is 1. The minimum atomic E-state index is -0.345. The van der Waals surface area contributed by atoms with Crippen LogP contribution < -0.4 is 20.3 Å². The molecule has 5 rings (SSSR count). The maximum absolute atomic E-state index is 13.4. The van der Waals surface area contributed by atoms with Crippen molar-refractivity contribution in [2.24, 2.45) is 0 Å². The van der Waals surface area contributed by atoms with E-state index in [1.807, 2.05) is 31.2 Å². The van der Waals surface area contributed by atoms with E-state index < -0.39 is 0 Å². The third kappa shape index (κ3) is 3.99. The summed E-state index contributed by atoms with van der Waals surface area (Å²) in [7, 11) is 1.58. The molecule has 170 valence electrons. The number of hydrogen-bond acceptors (Lipinski definition) is 6. The Kier molecular flexibility index (Phi) is 5.73. The molecule has 0 radical (unpaired) electrons. The van der Waals surface area contributed by atoms with E-state index in [4.69, 9.17) is 9.47 Å². The van der Waals surface area contributed by atoms with Gasteiger partial charge in [0.25, 0.3) is 11.5 Å². The van der Waals surface area contributed by atoms with Gasteiger partial charge < -0.3 is 9.47 Å². The number of aromatic nitrogens is 2. The van der Waals surface area contributed by atoms with E-state index in [1.54, 1.807) is 55.8 Å². The second kappa shape index (κ2) is 8.99. The predicted octanol–water partition coefficient (Wildman–Crippen LogP) is 5.26. The van der Waals surface area contributed by atoms with Gasteiger partial charge in [0.05, 0.1) is 29.5 Å². The average Bonchev–Trinajstić information content (AvgIpc) is 3.26. The lowest BCUT2D eigenvalue weighted by Crippen LogP contribution is -2.22. The standard InChI is InChI=1S/C26H21N3O4S/c1-3-33-18-12-13-22-23(14-18)34-26(27-22)28-24(30)21-15-29(16-8-10-17(32-2)11-9-16)25(31)20-7-5-4-6-19(20)21/h4-15H,3H2,1-2H3,(H,27,28,30). The molecule has 0 aliphatic rings. The molecule has 0 aliphatic carbocycles. The SMILES string of the molecule is CCOc1ccc2nc(NC(=O)c3cn(-c4ccc(OC)cc4)c(=O)c4ccccc34)sc2c1. The molecule has 7 nitrogen and oxygen atoms in total. The van der Waals surface area contributed by atoms with Gasteiger partial charge in [-0.3, -0.25) is 19.5 Å². The van der Waals surface area contributed by atoms with Gasteiger partial charge in [0.1, 0.15) is 11.5 Å². The van der Waals surface area contributed by atoms with Crippen LogP contribution in [0.25, 0.3) is 26.7 Å². The highest BCUT2D eigenvalue weighted by Gasteiger charge is 2.17. The molecule has 0 saturated heterocycles. The fourth-order valence-electron chi connectivity index (χ4n) is 3.79. The molecule has 1 N–H and O–H groups in total. The zero-order valence-corrected chi connectivity index (χ0v) is 19.4. The largest absolute Gasteiger partial charge is 0.497 e. The van der Waals surface area contributed by atoms with E-state index in [1.165, 1.54) is 15.9 Å². The number of ether oxygens (including phenoxy) is 2. The summed E-state index contributed by atoms with van der Waals surface area (Å²) < 4.78 is 13.2. The Balaban J connectivity index is 1.56. The fraction of sp³-hybridized carbons (Fsp3) is 0.115. The highest BCUT2D eigenvalue weighted by molar-refractivity contribution is 7.22. The number of thiazole rings is 1. The average molecular weight is 472 g/mol. The van der Waals surface area contributed by atoms with Gasteiger partial charge in [-0.05, 0) is 55.5 Å². The van der Waals surface area contributed by atoms with Gasteiger partial charge in [-0.25, -0.2) is 4.98 Å². The maximum Gasteiger partial charge on any atom is 0.262 e. The number of pyridine rings is 1. The van der Waals surface area contributed by atoms with Gasteiger partial charge in [-0.15, -0.1) is 0 Å². The highest BCUT2D eigenvalue weighted by atomic mass is 32.1. The van der Waals surface area contributed by atoms with Gasteiger partial charge in [0.15, 0.2) is 5.13 Å². The fourth-order valence-corrected chi connectivity index (χ4v) is 4.68. The number of hydrogen-bond donors (Lipinski definition) is 1. The third-order valence-electron chi connectivity index (χ3n) is 5.41. The van der Waals surface area contributed by atoms with Crippen LogP contribution in [-0.2, 0) is 0 Å². The Labute approximate surface area is 199 Å². The van der Waals surface area contributed by atoms with Crippen molar-refractivity contribution in [3.63, 3.8) is 0 Å². The lowest BCUT2D eigenvalue weighted by molar-refractivity contribution is 0.102. The number of benzene rings is 3. The molecule has 0 saturated carbocycles. The molecule has 8 heteroatoms. The molecule has 0 spiro atoms. The van der Waals surface area contributed by atoms with Crippen LogP contribution in [0.1, 0.15) is 17.3 Å². The monoisotopic (exact) mass is 471 g/mol. The van der Waals surface area contributed by atoms with Crippen molar-refractivity contribution in [1.82, 2.24) is 9.55 Å². The first-order valence-electron chi connectivity index (χ1n) is 10.7. The van der Waals surface area contributed by atoms with Crippen LogP contribution in [0.5, 0.6) is 11.5 Å². The molecular weight excluding hydrogens is 450 g/mol. The first-order valence-corrected chi connectivity index (χ1v) is 11.5. The lowest BCUT2D eigenvalue weighted by Gasteiger charge is -2.12. The third-order valence-corrected chi connectivity index (χ3v) is 6.34. The Bertz CT molecular complexity index is 1570. The molecule has 34 heavy (non-hydrogen) atoms. The minimum absolute atomic E-state index is 0.208. The van der Waals surface area contributed by atoms with Gasteiger partial charge in [0.2, 0.25) is 0 Å². The van der Waals surface area contributed by atoms with Crippen molar-refractivity contribution in [3.05, 3.63) is 88.8 Å². The summed E-state index contributed by atoms with van der Waals surface area (Å²) in [5.74, 6) is 1.09. The van der Waals surface area contributed by atoms with E-state index in [0.717, 1.165) is 16.0 Å². The highest BCUT2D eigenvalue weighted by Crippen LogP contribution is 2.30. The summed E-state index contributed by atoms with van der Waals surface area (Å²) in [6.07, 6.45) is 1.57. The van der Waals surface area contributed by atoms with Crippen LogP contribution in [-0.4, -0.2) is 29.2 Å². The summed E-state index contributed by atoms with van der Waals surface area (Å²) in [5, 5.41) is 4.41. The first-order chi connectivity index (χ1) is 16.6. The van der Waals surface area contributed by atoms with Crippen LogP contribution in [0.4, 0.5) is 5.13 Å². The van der Waals surface area contributed by atoms with E-state index >= 15 is 0 Å². The molecule has 0 bridgehead atoms. The number of carbonyl (C=O) groups is 1. The summed E-state index contributed by atoms with van der Waals surface area (Å²) >= 11 is 1.37. The number of anilines is 1. The number of nitrogens with zero attached hydrogens (tertiary/aromatic N) is 2. The minimum Gasteiger partial charge on any atom is -0.497 e. The predicted molar refractivity (Wildman–Crippen MR) is 135 cm³/mol. The molecule has 3 aromatic carbocycles. The van der Waals surface area contributed by atoms with Gasteiger partial charge in [0, 0.05) is 22.7 Å². The molecule has 0 unspecified atom stereocenters. The molecule has 0 fully saturated rings. The number of nitrogens with one attached hydrogen (secondary N) is 1. The summed E-state index contributed by atoms with van der Waals surface area (Å²) in [5.41, 5.74) is 1.58. The topological polar surface area (TPSA) is 82.4 Å². The van der Waals surface area contributed by atoms with Crippen LogP contribution in [0.2, 0.25) is 0 Å². The second-order valence-electron chi connectivity index (χ2n) is 7.50. The summed E-state index contributed by atoms with van der Waals surface area (Å²) in [4.78, 5) is 31.1. The Hall–Kier alpha value is -4.17. The van der Waals surface area contributed by atoms with Gasteiger partial charge >= 0.3 is 0 Å². The summed E-state index contributed by atoms with van der Waals surface area (Å²) in [6.45, 7) is 2.50. The van der Waals surface area contributed by atoms with E-state index in [-0.39, 0.29) is 11.5 Å². The van der Waals surface area contributed by atoms with Crippen molar-refractivity contribution in [3.8, 4) is 17.2 Å². The Morgan fingerprint density at radius 2 is 1.76 bits per heavy atom. The molecule has 5 aromatic rings. The first kappa shape index (κ1) is 21.7. The summed E-state index contributed by atoms with van der Waals surface area (Å²) in [6, 6.07) is 19.8. The van der Waals surface area contributed by atoms with Gasteiger partial charge in [-0.1, -0.05) is 29.5 Å². The normalized spacial score (nSPS) is 11.0. The van der Waals surface area contributed by atoms with Crippen molar-refractivity contribution < 1.29 is 14.3 Å².